The van der Waals surface area contributed by atoms with E-state index in [0.717, 1.165) is 44.8 Å². The first kappa shape index (κ1) is 17.1. The molecule has 0 spiro atoms. The van der Waals surface area contributed by atoms with E-state index in [2.05, 4.69) is 27.2 Å². The molecule has 1 aliphatic heterocycles. The maximum atomic E-state index is 12.5. The van der Waals surface area contributed by atoms with Gasteiger partial charge in [0.05, 0.1) is 13.2 Å². The third-order valence-electron chi connectivity index (χ3n) is 5.36. The fraction of sp³-hybridized carbons (Fsp3) is 0.632. The Kier molecular flexibility index (Phi) is 5.61. The molecule has 0 bridgehead atoms. The number of carbonyl (C=O) groups excluding carboxylic acids is 1. The Morgan fingerprint density at radius 1 is 1.21 bits per heavy atom. The number of nitrogens with one attached hydrogen (secondary N) is 1. The summed E-state index contributed by atoms with van der Waals surface area (Å²) in [6.45, 7) is 5.74. The normalized spacial score (nSPS) is 20.8. The number of benzene rings is 1. The van der Waals surface area contributed by atoms with Crippen LogP contribution < -0.4 is 15.0 Å². The van der Waals surface area contributed by atoms with Gasteiger partial charge in [0.25, 0.3) is 0 Å². The number of methoxy groups -OCH3 is 1. The average molecular weight is 331 g/mol. The summed E-state index contributed by atoms with van der Waals surface area (Å²) in [4.78, 5) is 17.1. The summed E-state index contributed by atoms with van der Waals surface area (Å²) in [6, 6.07) is 8.55. The van der Waals surface area contributed by atoms with Gasteiger partial charge < -0.3 is 15.0 Å². The first-order chi connectivity index (χ1) is 11.7. The molecule has 1 aromatic carbocycles. The number of hydrogen-bond acceptors (Lipinski definition) is 4. The van der Waals surface area contributed by atoms with Gasteiger partial charge >= 0.3 is 0 Å². The number of amides is 1. The van der Waals surface area contributed by atoms with Crippen LogP contribution in [0.2, 0.25) is 0 Å². The number of piperazine rings is 1. The predicted octanol–water partition coefficient (Wildman–Crippen LogP) is 2.26. The zero-order valence-electron chi connectivity index (χ0n) is 14.8. The largest absolute Gasteiger partial charge is 0.497 e. The Bertz CT molecular complexity index is 549. The van der Waals surface area contributed by atoms with E-state index in [1.165, 1.54) is 18.5 Å². The molecule has 1 N–H and O–H groups in total. The molecule has 24 heavy (non-hydrogen) atoms. The molecule has 2 fully saturated rings. The van der Waals surface area contributed by atoms with Gasteiger partial charge in [-0.15, -0.1) is 0 Å². The lowest BCUT2D eigenvalue weighted by Crippen LogP contribution is -2.54. The van der Waals surface area contributed by atoms with Crippen LogP contribution in [0.25, 0.3) is 0 Å². The van der Waals surface area contributed by atoms with Crippen LogP contribution in [0.15, 0.2) is 24.3 Å². The number of rotatable bonds is 5. The first-order valence-electron chi connectivity index (χ1n) is 9.11. The number of carbonyl (C=O) groups is 1. The van der Waals surface area contributed by atoms with Crippen LogP contribution in [0.3, 0.4) is 0 Å². The van der Waals surface area contributed by atoms with Gasteiger partial charge in [0, 0.05) is 44.0 Å². The third kappa shape index (κ3) is 4.01. The molecule has 1 saturated heterocycles. The molecule has 0 aromatic heterocycles. The number of anilines is 1. The van der Waals surface area contributed by atoms with E-state index >= 15 is 0 Å². The summed E-state index contributed by atoms with van der Waals surface area (Å²) in [6.07, 6.45) is 4.78. The second kappa shape index (κ2) is 7.88. The maximum Gasteiger partial charge on any atom is 0.237 e. The summed E-state index contributed by atoms with van der Waals surface area (Å²) in [5.74, 6) is 1.08. The van der Waals surface area contributed by atoms with Gasteiger partial charge in [-0.3, -0.25) is 9.69 Å². The molecular formula is C19H29N3O2. The van der Waals surface area contributed by atoms with E-state index in [1.807, 2.05) is 19.1 Å². The second-order valence-corrected chi connectivity index (χ2v) is 6.89. The molecule has 132 valence electrons. The van der Waals surface area contributed by atoms with Crippen LogP contribution >= 0.6 is 0 Å². The van der Waals surface area contributed by atoms with E-state index in [1.54, 1.807) is 7.11 Å². The van der Waals surface area contributed by atoms with Gasteiger partial charge in [-0.1, -0.05) is 18.9 Å². The molecule has 5 nitrogen and oxygen atoms in total. The Hall–Kier alpha value is -1.75. The van der Waals surface area contributed by atoms with Gasteiger partial charge in [-0.2, -0.15) is 0 Å². The van der Waals surface area contributed by atoms with Gasteiger partial charge in [0.2, 0.25) is 5.91 Å². The van der Waals surface area contributed by atoms with Gasteiger partial charge in [-0.25, -0.2) is 0 Å². The molecule has 2 aliphatic rings. The smallest absolute Gasteiger partial charge is 0.237 e. The van der Waals surface area contributed by atoms with Crippen molar-refractivity contribution in [2.75, 3.05) is 38.2 Å². The van der Waals surface area contributed by atoms with Gasteiger partial charge in [-0.05, 0) is 31.9 Å². The van der Waals surface area contributed by atoms with Crippen molar-refractivity contribution < 1.29 is 9.53 Å². The predicted molar refractivity (Wildman–Crippen MR) is 96.6 cm³/mol. The Morgan fingerprint density at radius 3 is 2.58 bits per heavy atom. The van der Waals surface area contributed by atoms with Crippen molar-refractivity contribution in [3.63, 3.8) is 0 Å². The van der Waals surface area contributed by atoms with Crippen LogP contribution in [-0.4, -0.2) is 56.2 Å². The number of hydrogen-bond donors (Lipinski definition) is 1. The first-order valence-corrected chi connectivity index (χ1v) is 9.11. The monoisotopic (exact) mass is 331 g/mol. The molecule has 1 amide bonds. The molecule has 0 radical (unpaired) electrons. The van der Waals surface area contributed by atoms with Crippen molar-refractivity contribution >= 4 is 11.6 Å². The fourth-order valence-electron chi connectivity index (χ4n) is 3.73. The summed E-state index contributed by atoms with van der Waals surface area (Å²) >= 11 is 0. The van der Waals surface area contributed by atoms with Crippen LogP contribution in [0.5, 0.6) is 5.75 Å². The van der Waals surface area contributed by atoms with E-state index in [0.29, 0.717) is 6.04 Å². The number of nitrogens with zero attached hydrogens (tertiary/aromatic N) is 2. The van der Waals surface area contributed by atoms with Gasteiger partial charge in [0.15, 0.2) is 0 Å². The van der Waals surface area contributed by atoms with Crippen LogP contribution in [0.1, 0.15) is 32.6 Å². The fourth-order valence-corrected chi connectivity index (χ4v) is 3.73. The lowest BCUT2D eigenvalue weighted by atomic mass is 10.1. The Labute approximate surface area is 145 Å². The maximum absolute atomic E-state index is 12.5. The zero-order chi connectivity index (χ0) is 16.9. The lowest BCUT2D eigenvalue weighted by molar-refractivity contribution is -0.126. The zero-order valence-corrected chi connectivity index (χ0v) is 14.8. The van der Waals surface area contributed by atoms with Crippen molar-refractivity contribution in [1.82, 2.24) is 10.2 Å². The molecule has 1 saturated carbocycles. The molecule has 5 heteroatoms. The van der Waals surface area contributed by atoms with Crippen molar-refractivity contribution in [2.24, 2.45) is 0 Å². The SMILES string of the molecule is COc1cccc(N2CCN(C(C)C(=O)NC3CCCC3)CC2)c1. The Balaban J connectivity index is 1.51. The molecular weight excluding hydrogens is 302 g/mol. The highest BCUT2D eigenvalue weighted by Gasteiger charge is 2.27. The van der Waals surface area contributed by atoms with Crippen LogP contribution in [-0.2, 0) is 4.79 Å². The van der Waals surface area contributed by atoms with Gasteiger partial charge in [0.1, 0.15) is 5.75 Å². The number of ether oxygens (including phenoxy) is 1. The minimum absolute atomic E-state index is 0.0435. The van der Waals surface area contributed by atoms with E-state index < -0.39 is 0 Å². The second-order valence-electron chi connectivity index (χ2n) is 6.89. The Morgan fingerprint density at radius 2 is 1.92 bits per heavy atom. The summed E-state index contributed by atoms with van der Waals surface area (Å²) in [7, 11) is 1.70. The average Bonchev–Trinajstić information content (AvgIpc) is 3.14. The van der Waals surface area contributed by atoms with Crippen molar-refractivity contribution in [3.8, 4) is 5.75 Å². The highest BCUT2D eigenvalue weighted by molar-refractivity contribution is 5.81. The van der Waals surface area contributed by atoms with Crippen LogP contribution in [0.4, 0.5) is 5.69 Å². The minimum Gasteiger partial charge on any atom is -0.497 e. The minimum atomic E-state index is -0.0435. The highest BCUT2D eigenvalue weighted by atomic mass is 16.5. The molecule has 3 rings (SSSR count). The molecule has 1 heterocycles. The highest BCUT2D eigenvalue weighted by Crippen LogP contribution is 2.23. The lowest BCUT2D eigenvalue weighted by Gasteiger charge is -2.38. The molecule has 1 unspecified atom stereocenters. The van der Waals surface area contributed by atoms with Crippen molar-refractivity contribution in [1.29, 1.82) is 0 Å². The standard InChI is InChI=1S/C19H29N3O2/c1-15(19(23)20-16-6-3-4-7-16)21-10-12-22(13-11-21)17-8-5-9-18(14-17)24-2/h5,8-9,14-16H,3-4,6-7,10-13H2,1-2H3,(H,20,23). The topological polar surface area (TPSA) is 44.8 Å². The van der Waals surface area contributed by atoms with Crippen molar-refractivity contribution in [3.05, 3.63) is 24.3 Å². The summed E-state index contributed by atoms with van der Waals surface area (Å²) in [5, 5.41) is 3.22. The third-order valence-corrected chi connectivity index (χ3v) is 5.36. The molecule has 1 aliphatic carbocycles. The van der Waals surface area contributed by atoms with Crippen LogP contribution in [0, 0.1) is 0 Å². The summed E-state index contributed by atoms with van der Waals surface area (Å²) < 4.78 is 5.31. The van der Waals surface area contributed by atoms with E-state index in [-0.39, 0.29) is 11.9 Å². The summed E-state index contributed by atoms with van der Waals surface area (Å²) in [5.41, 5.74) is 1.19. The molecule has 1 aromatic rings. The van der Waals surface area contributed by atoms with Crippen molar-refractivity contribution in [2.45, 2.75) is 44.7 Å². The van der Waals surface area contributed by atoms with E-state index in [9.17, 15) is 4.79 Å². The molecule has 1 atom stereocenters. The van der Waals surface area contributed by atoms with E-state index in [4.69, 9.17) is 4.74 Å². The quantitative estimate of drug-likeness (QED) is 0.899.